The molecule has 0 spiro atoms. The van der Waals surface area contributed by atoms with Crippen molar-refractivity contribution in [3.8, 4) is 0 Å². The molecule has 0 aromatic carbocycles. The summed E-state index contributed by atoms with van der Waals surface area (Å²) in [7, 11) is 0. The van der Waals surface area contributed by atoms with Gasteiger partial charge in [0.2, 0.25) is 0 Å². The van der Waals surface area contributed by atoms with Gasteiger partial charge in [0.15, 0.2) is 0 Å². The summed E-state index contributed by atoms with van der Waals surface area (Å²) in [4.78, 5) is 4.22. The summed E-state index contributed by atoms with van der Waals surface area (Å²) in [5.41, 5.74) is 0. The monoisotopic (exact) mass is 242 g/mol. The molecule has 1 unspecified atom stereocenters. The van der Waals surface area contributed by atoms with E-state index >= 15 is 0 Å². The first-order chi connectivity index (χ1) is 7.18. The third-order valence-electron chi connectivity index (χ3n) is 2.67. The number of halogens is 1. The van der Waals surface area contributed by atoms with E-state index in [1.165, 1.54) is 18.6 Å². The van der Waals surface area contributed by atoms with Crippen molar-refractivity contribution >= 4 is 29.2 Å². The molecule has 1 aliphatic rings. The van der Waals surface area contributed by atoms with Crippen LogP contribution < -0.4 is 5.32 Å². The highest BCUT2D eigenvalue weighted by molar-refractivity contribution is 8.00. The molecule has 1 aliphatic heterocycles. The average Bonchev–Trinajstić information content (AvgIpc) is 2.65. The number of hydrogen-bond acceptors (Lipinski definition) is 3. The van der Waals surface area contributed by atoms with Crippen LogP contribution in [0.15, 0.2) is 18.3 Å². The summed E-state index contributed by atoms with van der Waals surface area (Å²) in [6.07, 6.45) is 4.29. The zero-order valence-corrected chi connectivity index (χ0v) is 10.4. The Morgan fingerprint density at radius 3 is 3.07 bits per heavy atom. The second kappa shape index (κ2) is 4.62. The van der Waals surface area contributed by atoms with Crippen LogP contribution in [0.1, 0.15) is 19.8 Å². The lowest BCUT2D eigenvalue weighted by Gasteiger charge is -2.23. The van der Waals surface area contributed by atoms with Gasteiger partial charge in [-0.05, 0) is 37.7 Å². The molecular weight excluding hydrogens is 228 g/mol. The van der Waals surface area contributed by atoms with Gasteiger partial charge in [-0.15, -0.1) is 0 Å². The standard InChI is InChI=1S/C11H15ClN2S/c1-11(5-2-6-15-11)8-14-10-4-3-9(12)7-13-10/h3-4,7H,2,5-6,8H2,1H3,(H,13,14). The maximum absolute atomic E-state index is 5.77. The van der Waals surface area contributed by atoms with Crippen molar-refractivity contribution in [3.05, 3.63) is 23.4 Å². The number of thioether (sulfide) groups is 1. The van der Waals surface area contributed by atoms with E-state index in [4.69, 9.17) is 11.6 Å². The first kappa shape index (κ1) is 11.1. The molecule has 1 aromatic heterocycles. The molecule has 0 radical (unpaired) electrons. The van der Waals surface area contributed by atoms with E-state index in [0.717, 1.165) is 12.4 Å². The van der Waals surface area contributed by atoms with Gasteiger partial charge >= 0.3 is 0 Å². The predicted molar refractivity (Wildman–Crippen MR) is 67.8 cm³/mol. The maximum Gasteiger partial charge on any atom is 0.126 e. The van der Waals surface area contributed by atoms with Gasteiger partial charge in [0.25, 0.3) is 0 Å². The number of aromatic nitrogens is 1. The van der Waals surface area contributed by atoms with Crippen LogP contribution in [-0.4, -0.2) is 22.0 Å². The molecule has 82 valence electrons. The number of pyridine rings is 1. The molecular formula is C11H15ClN2S. The highest BCUT2D eigenvalue weighted by atomic mass is 35.5. The van der Waals surface area contributed by atoms with Gasteiger partial charge in [0.1, 0.15) is 5.82 Å². The Morgan fingerprint density at radius 1 is 1.60 bits per heavy atom. The Bertz CT molecular complexity index is 320. The van der Waals surface area contributed by atoms with Crippen LogP contribution >= 0.6 is 23.4 Å². The molecule has 0 amide bonds. The van der Waals surface area contributed by atoms with Crippen molar-refractivity contribution in [3.63, 3.8) is 0 Å². The van der Waals surface area contributed by atoms with Crippen molar-refractivity contribution in [1.29, 1.82) is 0 Å². The summed E-state index contributed by atoms with van der Waals surface area (Å²) in [6, 6.07) is 3.78. The minimum absolute atomic E-state index is 0.376. The molecule has 0 aliphatic carbocycles. The average molecular weight is 243 g/mol. The number of nitrogens with zero attached hydrogens (tertiary/aromatic N) is 1. The van der Waals surface area contributed by atoms with Crippen molar-refractivity contribution in [1.82, 2.24) is 4.98 Å². The van der Waals surface area contributed by atoms with Crippen LogP contribution in [0.3, 0.4) is 0 Å². The van der Waals surface area contributed by atoms with Gasteiger partial charge < -0.3 is 5.32 Å². The van der Waals surface area contributed by atoms with Crippen molar-refractivity contribution in [2.24, 2.45) is 0 Å². The fraction of sp³-hybridized carbons (Fsp3) is 0.545. The van der Waals surface area contributed by atoms with E-state index in [1.54, 1.807) is 6.20 Å². The molecule has 0 bridgehead atoms. The molecule has 1 aromatic rings. The summed E-state index contributed by atoms with van der Waals surface area (Å²) in [5.74, 6) is 2.19. The van der Waals surface area contributed by atoms with Gasteiger partial charge in [-0.1, -0.05) is 11.6 Å². The number of nitrogens with one attached hydrogen (secondary N) is 1. The maximum atomic E-state index is 5.77. The van der Waals surface area contributed by atoms with Gasteiger partial charge in [0, 0.05) is 17.5 Å². The minimum atomic E-state index is 0.376. The van der Waals surface area contributed by atoms with Crippen LogP contribution in [0, 0.1) is 0 Å². The molecule has 4 heteroatoms. The van der Waals surface area contributed by atoms with Crippen LogP contribution in [0.5, 0.6) is 0 Å². The molecule has 2 nitrogen and oxygen atoms in total. The minimum Gasteiger partial charge on any atom is -0.369 e. The quantitative estimate of drug-likeness (QED) is 0.879. The highest BCUT2D eigenvalue weighted by Gasteiger charge is 2.28. The van der Waals surface area contributed by atoms with E-state index in [0.29, 0.717) is 9.77 Å². The Labute approximate surface area is 99.8 Å². The third-order valence-corrected chi connectivity index (χ3v) is 4.43. The van der Waals surface area contributed by atoms with Gasteiger partial charge in [-0.25, -0.2) is 4.98 Å². The van der Waals surface area contributed by atoms with Crippen molar-refractivity contribution < 1.29 is 0 Å². The largest absolute Gasteiger partial charge is 0.369 e. The Hall–Kier alpha value is -0.410. The molecule has 2 heterocycles. The van der Waals surface area contributed by atoms with Gasteiger partial charge in [-0.3, -0.25) is 0 Å². The van der Waals surface area contributed by atoms with E-state index in [9.17, 15) is 0 Å². The molecule has 2 rings (SSSR count). The third kappa shape index (κ3) is 3.02. The van der Waals surface area contributed by atoms with Crippen molar-refractivity contribution in [2.75, 3.05) is 17.6 Å². The summed E-state index contributed by atoms with van der Waals surface area (Å²) in [5, 5.41) is 4.05. The first-order valence-corrected chi connectivity index (χ1v) is 6.54. The summed E-state index contributed by atoms with van der Waals surface area (Å²) >= 11 is 7.82. The van der Waals surface area contributed by atoms with Crippen molar-refractivity contribution in [2.45, 2.75) is 24.5 Å². The second-order valence-electron chi connectivity index (χ2n) is 4.12. The Balaban J connectivity index is 1.90. The fourth-order valence-electron chi connectivity index (χ4n) is 1.73. The number of hydrogen-bond donors (Lipinski definition) is 1. The molecule has 1 N–H and O–H groups in total. The highest BCUT2D eigenvalue weighted by Crippen LogP contribution is 2.37. The second-order valence-corrected chi connectivity index (χ2v) is 6.24. The Kier molecular flexibility index (Phi) is 3.42. The predicted octanol–water partition coefficient (Wildman–Crippen LogP) is 3.43. The number of anilines is 1. The first-order valence-electron chi connectivity index (χ1n) is 5.17. The summed E-state index contributed by atoms with van der Waals surface area (Å²) in [6.45, 7) is 3.29. The van der Waals surface area contributed by atoms with E-state index < -0.39 is 0 Å². The smallest absolute Gasteiger partial charge is 0.126 e. The molecule has 0 saturated carbocycles. The zero-order chi connectivity index (χ0) is 10.7. The van der Waals surface area contributed by atoms with E-state index in [-0.39, 0.29) is 0 Å². The van der Waals surface area contributed by atoms with Crippen LogP contribution in [0.4, 0.5) is 5.82 Å². The van der Waals surface area contributed by atoms with Gasteiger partial charge in [0.05, 0.1) is 5.02 Å². The molecule has 1 saturated heterocycles. The SMILES string of the molecule is CC1(CNc2ccc(Cl)cn2)CCCS1. The molecule has 1 fully saturated rings. The Morgan fingerprint density at radius 2 is 2.47 bits per heavy atom. The van der Waals surface area contributed by atoms with E-state index in [2.05, 4.69) is 29.0 Å². The summed E-state index contributed by atoms with van der Waals surface area (Å²) < 4.78 is 0.376. The zero-order valence-electron chi connectivity index (χ0n) is 8.79. The van der Waals surface area contributed by atoms with Crippen LogP contribution in [-0.2, 0) is 0 Å². The molecule has 1 atom stereocenters. The fourth-order valence-corrected chi connectivity index (χ4v) is 3.09. The lowest BCUT2D eigenvalue weighted by Crippen LogP contribution is -2.27. The van der Waals surface area contributed by atoms with E-state index in [1.807, 2.05) is 12.1 Å². The number of rotatable bonds is 3. The topological polar surface area (TPSA) is 24.9 Å². The molecule has 15 heavy (non-hydrogen) atoms. The van der Waals surface area contributed by atoms with Gasteiger partial charge in [-0.2, -0.15) is 11.8 Å². The normalized spacial score (nSPS) is 25.5. The van der Waals surface area contributed by atoms with Crippen LogP contribution in [0.25, 0.3) is 0 Å². The van der Waals surface area contributed by atoms with Crippen LogP contribution in [0.2, 0.25) is 5.02 Å². The lowest BCUT2D eigenvalue weighted by molar-refractivity contribution is 0.634. The lowest BCUT2D eigenvalue weighted by atomic mass is 10.1.